The molecule has 1 N–H and O–H groups in total. The Labute approximate surface area is 212 Å². The van der Waals surface area contributed by atoms with Crippen molar-refractivity contribution in [1.29, 1.82) is 0 Å². The maximum atomic E-state index is 12.9. The van der Waals surface area contributed by atoms with Crippen molar-refractivity contribution in [2.24, 2.45) is 5.41 Å². The lowest BCUT2D eigenvalue weighted by Gasteiger charge is -2.40. The molecule has 0 radical (unpaired) electrons. The second kappa shape index (κ2) is 10.3. The van der Waals surface area contributed by atoms with Crippen molar-refractivity contribution in [2.45, 2.75) is 58.1 Å². The maximum Gasteiger partial charge on any atom is 0.312 e. The summed E-state index contributed by atoms with van der Waals surface area (Å²) >= 11 is 6.14. The van der Waals surface area contributed by atoms with Crippen LogP contribution in [0.25, 0.3) is 0 Å². The number of nitrogens with zero attached hydrogens (tertiary/aromatic N) is 3. The maximum absolute atomic E-state index is 12.9. The molecule has 3 saturated heterocycles. The average molecular weight is 505 g/mol. The molecule has 3 aliphatic rings. The van der Waals surface area contributed by atoms with Gasteiger partial charge in [0.05, 0.1) is 5.41 Å². The molecule has 1 spiro atoms. The minimum Gasteiger partial charge on any atom is -0.462 e. The monoisotopic (exact) mass is 504 g/mol. The summed E-state index contributed by atoms with van der Waals surface area (Å²) in [5.41, 5.74) is -0.273. The summed E-state index contributed by atoms with van der Waals surface area (Å²) in [7, 11) is 0. The second-order valence-corrected chi connectivity index (χ2v) is 11.1. The molecule has 192 valence electrons. The van der Waals surface area contributed by atoms with Gasteiger partial charge >= 0.3 is 5.97 Å². The molecule has 0 saturated carbocycles. The van der Waals surface area contributed by atoms with Gasteiger partial charge in [0.2, 0.25) is 11.8 Å². The third-order valence-corrected chi connectivity index (χ3v) is 7.90. The van der Waals surface area contributed by atoms with Gasteiger partial charge < -0.3 is 19.9 Å². The van der Waals surface area contributed by atoms with Gasteiger partial charge in [0.25, 0.3) is 0 Å². The van der Waals surface area contributed by atoms with Crippen LogP contribution in [0, 0.1) is 5.41 Å². The fourth-order valence-corrected chi connectivity index (χ4v) is 5.85. The van der Waals surface area contributed by atoms with Crippen molar-refractivity contribution in [3.63, 3.8) is 0 Å². The van der Waals surface area contributed by atoms with Gasteiger partial charge in [-0.15, -0.1) is 0 Å². The molecule has 0 aliphatic carbocycles. The van der Waals surface area contributed by atoms with Crippen LogP contribution in [0.2, 0.25) is 5.02 Å². The number of hydrogen-bond donors (Lipinski definition) is 1. The lowest BCUT2D eigenvalue weighted by Crippen LogP contribution is -2.58. The van der Waals surface area contributed by atoms with E-state index in [9.17, 15) is 14.4 Å². The first kappa shape index (κ1) is 25.8. The van der Waals surface area contributed by atoms with E-state index in [-0.39, 0.29) is 23.9 Å². The fourth-order valence-electron chi connectivity index (χ4n) is 5.66. The Kier molecular flexibility index (Phi) is 7.62. The summed E-state index contributed by atoms with van der Waals surface area (Å²) in [4.78, 5) is 43.7. The number of carbonyl (C=O) groups excluding carboxylic acids is 3. The number of nitrogens with one attached hydrogen (secondary N) is 1. The van der Waals surface area contributed by atoms with Crippen molar-refractivity contribution in [1.82, 2.24) is 15.1 Å². The average Bonchev–Trinajstić information content (AvgIpc) is 3.12. The number of cyclic esters (lactones) is 1. The molecule has 3 fully saturated rings. The lowest BCUT2D eigenvalue weighted by molar-refractivity contribution is -0.153. The van der Waals surface area contributed by atoms with E-state index in [0.717, 1.165) is 56.3 Å². The molecule has 35 heavy (non-hydrogen) atoms. The Hall–Kier alpha value is -2.32. The van der Waals surface area contributed by atoms with Crippen LogP contribution in [-0.2, 0) is 19.1 Å². The highest BCUT2D eigenvalue weighted by Gasteiger charge is 2.51. The van der Waals surface area contributed by atoms with Gasteiger partial charge in [-0.2, -0.15) is 0 Å². The number of likely N-dealkylation sites (tertiary alicyclic amines) is 1. The zero-order valence-electron chi connectivity index (χ0n) is 21.0. The molecule has 1 unspecified atom stereocenters. The summed E-state index contributed by atoms with van der Waals surface area (Å²) in [6.07, 6.45) is 2.73. The Morgan fingerprint density at radius 1 is 1.14 bits per heavy atom. The number of hydrogen-bond acceptors (Lipinski definition) is 6. The summed E-state index contributed by atoms with van der Waals surface area (Å²) < 4.78 is 5.81. The van der Waals surface area contributed by atoms with Crippen molar-refractivity contribution in [3.05, 3.63) is 29.3 Å². The summed E-state index contributed by atoms with van der Waals surface area (Å²) in [5, 5.41) is 3.48. The van der Waals surface area contributed by atoms with Crippen molar-refractivity contribution in [3.8, 4) is 0 Å². The number of esters is 1. The summed E-state index contributed by atoms with van der Waals surface area (Å²) in [5.74, 6) is -0.450. The van der Waals surface area contributed by atoms with Crippen LogP contribution < -0.4 is 10.2 Å². The van der Waals surface area contributed by atoms with E-state index >= 15 is 0 Å². The molecular formula is C26H37ClN4O4. The SMILES string of the molecule is CC(=O)NC(C)(C)C(=O)N1CCC2(CC1)CC(CCN1CCN(c3cccc(Cl)c3)CC1)OC2=O. The highest BCUT2D eigenvalue weighted by molar-refractivity contribution is 6.30. The lowest BCUT2D eigenvalue weighted by atomic mass is 9.75. The quantitative estimate of drug-likeness (QED) is 0.600. The van der Waals surface area contributed by atoms with Crippen LogP contribution >= 0.6 is 11.6 Å². The van der Waals surface area contributed by atoms with Crippen LogP contribution in [0.4, 0.5) is 5.69 Å². The van der Waals surface area contributed by atoms with Crippen LogP contribution in [-0.4, -0.2) is 85.0 Å². The largest absolute Gasteiger partial charge is 0.462 e. The zero-order chi connectivity index (χ0) is 25.2. The number of carbonyl (C=O) groups is 3. The molecule has 1 aromatic carbocycles. The Morgan fingerprint density at radius 2 is 1.83 bits per heavy atom. The molecular weight excluding hydrogens is 468 g/mol. The first-order valence-electron chi connectivity index (χ1n) is 12.6. The fraction of sp³-hybridized carbons (Fsp3) is 0.654. The number of anilines is 1. The minimum absolute atomic E-state index is 0.0634. The minimum atomic E-state index is -0.953. The summed E-state index contributed by atoms with van der Waals surface area (Å²) in [6, 6.07) is 7.98. The van der Waals surface area contributed by atoms with E-state index < -0.39 is 11.0 Å². The highest BCUT2D eigenvalue weighted by atomic mass is 35.5. The number of ether oxygens (including phenoxy) is 1. The van der Waals surface area contributed by atoms with Crippen molar-refractivity contribution < 1.29 is 19.1 Å². The summed E-state index contributed by atoms with van der Waals surface area (Å²) in [6.45, 7) is 10.6. The number of piperazine rings is 1. The van der Waals surface area contributed by atoms with Gasteiger partial charge in [-0.25, -0.2) is 0 Å². The van der Waals surface area contributed by atoms with Crippen LogP contribution in [0.1, 0.15) is 46.5 Å². The first-order chi connectivity index (χ1) is 16.6. The molecule has 1 atom stereocenters. The molecule has 0 bridgehead atoms. The molecule has 2 amide bonds. The number of halogens is 1. The number of rotatable bonds is 6. The van der Waals surface area contributed by atoms with Gasteiger partial charge in [0.15, 0.2) is 0 Å². The van der Waals surface area contributed by atoms with E-state index in [2.05, 4.69) is 21.2 Å². The topological polar surface area (TPSA) is 82.2 Å². The Balaban J connectivity index is 1.23. The van der Waals surface area contributed by atoms with E-state index in [1.165, 1.54) is 6.92 Å². The van der Waals surface area contributed by atoms with E-state index in [4.69, 9.17) is 16.3 Å². The van der Waals surface area contributed by atoms with Crippen molar-refractivity contribution >= 4 is 35.1 Å². The van der Waals surface area contributed by atoms with Gasteiger partial charge in [-0.3, -0.25) is 19.3 Å². The molecule has 4 rings (SSSR count). The number of piperidine rings is 1. The number of amides is 2. The molecule has 8 nitrogen and oxygen atoms in total. The standard InChI is InChI=1S/C26H37ClN4O4/c1-19(32)28-25(2,3)23(33)31-11-8-26(9-12-31)18-22(35-24(26)34)7-10-29-13-15-30(16-14-29)21-6-4-5-20(27)17-21/h4-6,17,22H,7-16,18H2,1-3H3,(H,28,32). The molecule has 9 heteroatoms. The second-order valence-electron chi connectivity index (χ2n) is 10.7. The predicted octanol–water partition coefficient (Wildman–Crippen LogP) is 2.69. The first-order valence-corrected chi connectivity index (χ1v) is 13.0. The molecule has 0 aromatic heterocycles. The van der Waals surface area contributed by atoms with E-state index in [1.54, 1.807) is 18.7 Å². The van der Waals surface area contributed by atoms with Gasteiger partial charge in [0, 0.05) is 69.9 Å². The smallest absolute Gasteiger partial charge is 0.312 e. The van der Waals surface area contributed by atoms with Gasteiger partial charge in [-0.05, 0) is 51.3 Å². The predicted molar refractivity (Wildman–Crippen MR) is 135 cm³/mol. The van der Waals surface area contributed by atoms with E-state index in [1.807, 2.05) is 18.2 Å². The molecule has 1 aromatic rings. The third kappa shape index (κ3) is 5.92. The van der Waals surface area contributed by atoms with Crippen molar-refractivity contribution in [2.75, 3.05) is 50.7 Å². The Bertz CT molecular complexity index is 952. The molecule has 3 aliphatic heterocycles. The van der Waals surface area contributed by atoms with Gasteiger partial charge in [-0.1, -0.05) is 17.7 Å². The van der Waals surface area contributed by atoms with Crippen LogP contribution in [0.5, 0.6) is 0 Å². The number of benzene rings is 1. The van der Waals surface area contributed by atoms with E-state index in [0.29, 0.717) is 25.9 Å². The normalized spacial score (nSPS) is 22.9. The van der Waals surface area contributed by atoms with Crippen LogP contribution in [0.3, 0.4) is 0 Å². The molecule has 3 heterocycles. The highest BCUT2D eigenvalue weighted by Crippen LogP contribution is 2.44. The third-order valence-electron chi connectivity index (χ3n) is 7.67. The van der Waals surface area contributed by atoms with Gasteiger partial charge in [0.1, 0.15) is 11.6 Å². The Morgan fingerprint density at radius 3 is 2.46 bits per heavy atom. The zero-order valence-corrected chi connectivity index (χ0v) is 21.8. The van der Waals surface area contributed by atoms with Crippen LogP contribution in [0.15, 0.2) is 24.3 Å².